The van der Waals surface area contributed by atoms with Crippen LogP contribution in [-0.4, -0.2) is 7.05 Å². The quantitative estimate of drug-likeness (QED) is 0.786. The van der Waals surface area contributed by atoms with Gasteiger partial charge in [-0.1, -0.05) is 59.6 Å². The van der Waals surface area contributed by atoms with E-state index >= 15 is 0 Å². The maximum Gasteiger partial charge on any atom is 0.0410 e. The molecule has 1 fully saturated rings. The van der Waals surface area contributed by atoms with Gasteiger partial charge in [0.1, 0.15) is 0 Å². The Balaban J connectivity index is 2.09. The Morgan fingerprint density at radius 2 is 2.06 bits per heavy atom. The van der Waals surface area contributed by atoms with Crippen molar-refractivity contribution >= 4 is 27.5 Å². The Hall–Kier alpha value is -0.0500. The molecule has 0 bridgehead atoms. The second kappa shape index (κ2) is 6.93. The highest BCUT2D eigenvalue weighted by atomic mass is 79.9. The van der Waals surface area contributed by atoms with Crippen LogP contribution in [0, 0.1) is 5.92 Å². The molecule has 0 heterocycles. The van der Waals surface area contributed by atoms with Crippen LogP contribution < -0.4 is 5.32 Å². The predicted octanol–water partition coefficient (Wildman–Crippen LogP) is 5.33. The van der Waals surface area contributed by atoms with Crippen molar-refractivity contribution in [2.24, 2.45) is 5.92 Å². The molecule has 0 spiro atoms. The molecule has 1 aliphatic carbocycles. The van der Waals surface area contributed by atoms with E-state index in [1.165, 1.54) is 44.1 Å². The number of rotatable bonds is 4. The van der Waals surface area contributed by atoms with Gasteiger partial charge in [0.15, 0.2) is 0 Å². The van der Waals surface area contributed by atoms with Gasteiger partial charge in [0.2, 0.25) is 0 Å². The molecule has 1 saturated carbocycles. The summed E-state index contributed by atoms with van der Waals surface area (Å²) >= 11 is 9.75. The van der Waals surface area contributed by atoms with Gasteiger partial charge < -0.3 is 5.32 Å². The SMILES string of the molecule is CNC(CC1CCCCC1)c1cc(Cl)ccc1Br. The first-order valence-corrected chi connectivity index (χ1v) is 8.00. The van der Waals surface area contributed by atoms with Crippen molar-refractivity contribution in [1.29, 1.82) is 0 Å². The fraction of sp³-hybridized carbons (Fsp3) is 0.600. The first-order chi connectivity index (χ1) is 8.70. The summed E-state index contributed by atoms with van der Waals surface area (Å²) in [6.45, 7) is 0. The third kappa shape index (κ3) is 3.72. The summed E-state index contributed by atoms with van der Waals surface area (Å²) in [6, 6.07) is 6.46. The fourth-order valence-electron chi connectivity index (χ4n) is 2.94. The molecule has 1 aliphatic rings. The van der Waals surface area contributed by atoms with E-state index in [4.69, 9.17) is 11.6 Å². The van der Waals surface area contributed by atoms with Crippen molar-refractivity contribution < 1.29 is 0 Å². The van der Waals surface area contributed by atoms with E-state index in [0.29, 0.717) is 6.04 Å². The Bertz CT molecular complexity index is 388. The summed E-state index contributed by atoms with van der Waals surface area (Å²) in [5.74, 6) is 0.863. The van der Waals surface area contributed by atoms with Crippen LogP contribution in [0.15, 0.2) is 22.7 Å². The molecule has 3 heteroatoms. The highest BCUT2D eigenvalue weighted by Crippen LogP contribution is 2.35. The van der Waals surface area contributed by atoms with Gasteiger partial charge in [0, 0.05) is 15.5 Å². The van der Waals surface area contributed by atoms with Crippen molar-refractivity contribution in [2.45, 2.75) is 44.6 Å². The number of hydrogen-bond donors (Lipinski definition) is 1. The predicted molar refractivity (Wildman–Crippen MR) is 82.1 cm³/mol. The molecule has 1 nitrogen and oxygen atoms in total. The van der Waals surface area contributed by atoms with Gasteiger partial charge in [-0.2, -0.15) is 0 Å². The lowest BCUT2D eigenvalue weighted by molar-refractivity contribution is 0.305. The molecule has 18 heavy (non-hydrogen) atoms. The summed E-state index contributed by atoms with van der Waals surface area (Å²) in [5.41, 5.74) is 1.29. The van der Waals surface area contributed by atoms with Gasteiger partial charge in [-0.25, -0.2) is 0 Å². The first-order valence-electron chi connectivity index (χ1n) is 6.83. The van der Waals surface area contributed by atoms with Crippen molar-refractivity contribution in [3.63, 3.8) is 0 Å². The number of nitrogens with one attached hydrogen (secondary N) is 1. The summed E-state index contributed by atoms with van der Waals surface area (Å²) in [4.78, 5) is 0. The van der Waals surface area contributed by atoms with Gasteiger partial charge in [-0.05, 0) is 43.1 Å². The van der Waals surface area contributed by atoms with Crippen LogP contribution in [0.2, 0.25) is 5.02 Å². The normalized spacial score (nSPS) is 18.8. The van der Waals surface area contributed by atoms with E-state index in [9.17, 15) is 0 Å². The van der Waals surface area contributed by atoms with Crippen molar-refractivity contribution in [3.8, 4) is 0 Å². The molecule has 2 rings (SSSR count). The average Bonchev–Trinajstić information content (AvgIpc) is 2.40. The second-order valence-electron chi connectivity index (χ2n) is 5.25. The molecular formula is C15H21BrClN. The maximum absolute atomic E-state index is 6.11. The minimum atomic E-state index is 0.404. The molecule has 0 radical (unpaired) electrons. The monoisotopic (exact) mass is 329 g/mol. The maximum atomic E-state index is 6.11. The lowest BCUT2D eigenvalue weighted by atomic mass is 9.83. The number of benzene rings is 1. The molecule has 0 aliphatic heterocycles. The zero-order valence-corrected chi connectivity index (χ0v) is 13.2. The third-order valence-corrected chi connectivity index (χ3v) is 4.93. The Morgan fingerprint density at radius 3 is 2.72 bits per heavy atom. The van der Waals surface area contributed by atoms with Crippen molar-refractivity contribution in [2.75, 3.05) is 7.05 Å². The van der Waals surface area contributed by atoms with Gasteiger partial charge in [0.25, 0.3) is 0 Å². The van der Waals surface area contributed by atoms with Gasteiger partial charge >= 0.3 is 0 Å². The summed E-state index contributed by atoms with van der Waals surface area (Å²) < 4.78 is 1.15. The van der Waals surface area contributed by atoms with Crippen LogP contribution in [0.3, 0.4) is 0 Å². The minimum absolute atomic E-state index is 0.404. The van der Waals surface area contributed by atoms with E-state index in [0.717, 1.165) is 15.4 Å². The van der Waals surface area contributed by atoms with Crippen molar-refractivity contribution in [3.05, 3.63) is 33.3 Å². The fourth-order valence-corrected chi connectivity index (χ4v) is 3.64. The molecule has 100 valence electrons. The van der Waals surface area contributed by atoms with Crippen LogP contribution in [0.4, 0.5) is 0 Å². The zero-order chi connectivity index (χ0) is 13.0. The smallest absolute Gasteiger partial charge is 0.0410 e. The highest BCUT2D eigenvalue weighted by Gasteiger charge is 2.20. The van der Waals surface area contributed by atoms with Crippen LogP contribution >= 0.6 is 27.5 Å². The van der Waals surface area contributed by atoms with Crippen LogP contribution in [0.1, 0.15) is 50.1 Å². The number of halogens is 2. The largest absolute Gasteiger partial charge is 0.313 e. The molecule has 1 N–H and O–H groups in total. The summed E-state index contributed by atoms with van der Waals surface area (Å²) in [7, 11) is 2.04. The molecule has 0 amide bonds. The van der Waals surface area contributed by atoms with E-state index in [1.54, 1.807) is 0 Å². The molecule has 0 aromatic heterocycles. The standard InChI is InChI=1S/C15H21BrClN/c1-18-15(9-11-5-3-2-4-6-11)13-10-12(17)7-8-14(13)16/h7-8,10-11,15,18H,2-6,9H2,1H3. The molecular weight excluding hydrogens is 310 g/mol. The first kappa shape index (κ1) is 14.4. The molecule has 1 aromatic carbocycles. The zero-order valence-electron chi connectivity index (χ0n) is 10.9. The van der Waals surface area contributed by atoms with Gasteiger partial charge in [0.05, 0.1) is 0 Å². The topological polar surface area (TPSA) is 12.0 Å². The van der Waals surface area contributed by atoms with Crippen molar-refractivity contribution in [1.82, 2.24) is 5.32 Å². The Labute approximate surface area is 123 Å². The van der Waals surface area contributed by atoms with E-state index < -0.39 is 0 Å². The van der Waals surface area contributed by atoms with E-state index in [2.05, 4.69) is 27.3 Å². The van der Waals surface area contributed by atoms with E-state index in [1.807, 2.05) is 19.2 Å². The van der Waals surface area contributed by atoms with E-state index in [-0.39, 0.29) is 0 Å². The average molecular weight is 331 g/mol. The van der Waals surface area contributed by atoms with Gasteiger partial charge in [-0.15, -0.1) is 0 Å². The number of hydrogen-bond acceptors (Lipinski definition) is 1. The summed E-state index contributed by atoms with van der Waals surface area (Å²) in [5, 5.41) is 4.26. The van der Waals surface area contributed by atoms with Crippen LogP contribution in [-0.2, 0) is 0 Å². The van der Waals surface area contributed by atoms with Gasteiger partial charge in [-0.3, -0.25) is 0 Å². The van der Waals surface area contributed by atoms with Crippen LogP contribution in [0.5, 0.6) is 0 Å². The highest BCUT2D eigenvalue weighted by molar-refractivity contribution is 9.10. The Kier molecular flexibility index (Phi) is 5.53. The molecule has 0 saturated heterocycles. The third-order valence-electron chi connectivity index (χ3n) is 3.98. The molecule has 1 unspecified atom stereocenters. The lowest BCUT2D eigenvalue weighted by Gasteiger charge is -2.27. The minimum Gasteiger partial charge on any atom is -0.313 e. The molecule has 1 atom stereocenters. The Morgan fingerprint density at radius 1 is 1.33 bits per heavy atom. The second-order valence-corrected chi connectivity index (χ2v) is 6.54. The summed E-state index contributed by atoms with van der Waals surface area (Å²) in [6.07, 6.45) is 8.21. The van der Waals surface area contributed by atoms with Crippen LogP contribution in [0.25, 0.3) is 0 Å². The lowest BCUT2D eigenvalue weighted by Crippen LogP contribution is -2.21. The molecule has 1 aromatic rings.